The van der Waals surface area contributed by atoms with Gasteiger partial charge in [0.1, 0.15) is 12.2 Å². The predicted octanol–water partition coefficient (Wildman–Crippen LogP) is 2.19. The molecule has 0 unspecified atom stereocenters. The van der Waals surface area contributed by atoms with E-state index in [2.05, 4.69) is 5.32 Å². The van der Waals surface area contributed by atoms with Crippen molar-refractivity contribution in [1.82, 2.24) is 10.2 Å². The summed E-state index contributed by atoms with van der Waals surface area (Å²) in [6, 6.07) is 2.65. The number of rotatable bonds is 9. The van der Waals surface area contributed by atoms with Crippen molar-refractivity contribution in [3.05, 3.63) is 46.6 Å². The number of benzene rings is 1. The Bertz CT molecular complexity index is 1090. The Morgan fingerprint density at radius 3 is 2.55 bits per heavy atom. The highest BCUT2D eigenvalue weighted by molar-refractivity contribution is 5.96. The van der Waals surface area contributed by atoms with E-state index in [1.807, 2.05) is 13.8 Å². The fourth-order valence-electron chi connectivity index (χ4n) is 5.96. The molecule has 38 heavy (non-hydrogen) atoms. The Balaban J connectivity index is 1.79. The van der Waals surface area contributed by atoms with E-state index < -0.39 is 30.1 Å². The number of ether oxygens (including phenoxy) is 2. The van der Waals surface area contributed by atoms with Gasteiger partial charge >= 0.3 is 0 Å². The van der Waals surface area contributed by atoms with Crippen LogP contribution < -0.4 is 14.8 Å². The second-order valence-corrected chi connectivity index (χ2v) is 10.7. The summed E-state index contributed by atoms with van der Waals surface area (Å²) in [6.45, 7) is 3.81. The Morgan fingerprint density at radius 1 is 1.18 bits per heavy atom. The summed E-state index contributed by atoms with van der Waals surface area (Å²) in [7, 11) is 1.50. The summed E-state index contributed by atoms with van der Waals surface area (Å²) in [5.41, 5.74) is 2.43. The van der Waals surface area contributed by atoms with E-state index in [-0.39, 0.29) is 25.7 Å². The van der Waals surface area contributed by atoms with Crippen molar-refractivity contribution in [2.45, 2.75) is 76.7 Å². The Hall–Kier alpha value is -2.88. The number of methoxy groups -OCH3 is 1. The predicted molar refractivity (Wildman–Crippen MR) is 142 cm³/mol. The smallest absolute Gasteiger partial charge is 0.247 e. The van der Waals surface area contributed by atoms with Crippen LogP contribution in [0.15, 0.2) is 35.4 Å². The van der Waals surface area contributed by atoms with Gasteiger partial charge in [0, 0.05) is 30.3 Å². The normalized spacial score (nSPS) is 24.4. The van der Waals surface area contributed by atoms with Crippen LogP contribution in [0.2, 0.25) is 0 Å². The number of allylic oxidation sites excluding steroid dienone is 1. The summed E-state index contributed by atoms with van der Waals surface area (Å²) < 4.78 is 11.8. The number of amides is 2. The molecule has 0 aromatic heterocycles. The van der Waals surface area contributed by atoms with Crippen LogP contribution in [-0.2, 0) is 16.2 Å². The van der Waals surface area contributed by atoms with Crippen LogP contribution in [0.3, 0.4) is 0 Å². The van der Waals surface area contributed by atoms with Gasteiger partial charge < -0.3 is 35.0 Å². The van der Waals surface area contributed by atoms with Gasteiger partial charge in [-0.2, -0.15) is 0 Å². The van der Waals surface area contributed by atoms with Crippen LogP contribution in [0.25, 0.3) is 0 Å². The highest BCUT2D eigenvalue weighted by atomic mass is 16.5. The number of carbonyl (C=O) groups is 2. The highest BCUT2D eigenvalue weighted by Gasteiger charge is 2.51. The van der Waals surface area contributed by atoms with Crippen LogP contribution in [0.4, 0.5) is 0 Å². The molecule has 1 fully saturated rings. The molecule has 9 nitrogen and oxygen atoms in total. The number of aliphatic hydroxyl groups is 3. The summed E-state index contributed by atoms with van der Waals surface area (Å²) in [4.78, 5) is 28.6. The van der Waals surface area contributed by atoms with Gasteiger partial charge in [0.05, 0.1) is 32.3 Å². The zero-order valence-corrected chi connectivity index (χ0v) is 22.5. The van der Waals surface area contributed by atoms with E-state index >= 15 is 0 Å². The molecule has 4 rings (SSSR count). The first-order valence-corrected chi connectivity index (χ1v) is 13.5. The largest absolute Gasteiger partial charge is 0.493 e. The quantitative estimate of drug-likeness (QED) is 0.362. The third-order valence-electron chi connectivity index (χ3n) is 7.73. The van der Waals surface area contributed by atoms with Crippen LogP contribution in [0.1, 0.15) is 63.0 Å². The first-order chi connectivity index (χ1) is 18.3. The van der Waals surface area contributed by atoms with E-state index in [1.165, 1.54) is 13.5 Å². The lowest BCUT2D eigenvalue weighted by molar-refractivity contribution is -0.133. The van der Waals surface area contributed by atoms with Crippen LogP contribution in [0, 0.1) is 5.92 Å². The number of nitrogens with one attached hydrogen (secondary N) is 1. The maximum Gasteiger partial charge on any atom is 0.247 e. The van der Waals surface area contributed by atoms with E-state index in [4.69, 9.17) is 9.47 Å². The summed E-state index contributed by atoms with van der Waals surface area (Å²) >= 11 is 0. The van der Waals surface area contributed by atoms with Crippen molar-refractivity contribution in [2.24, 2.45) is 5.92 Å². The Labute approximate surface area is 224 Å². The molecule has 0 radical (unpaired) electrons. The summed E-state index contributed by atoms with van der Waals surface area (Å²) in [5, 5.41) is 33.6. The lowest BCUT2D eigenvalue weighted by Gasteiger charge is -2.42. The molecule has 3 aliphatic rings. The average molecular weight is 529 g/mol. The monoisotopic (exact) mass is 528 g/mol. The fourth-order valence-corrected chi connectivity index (χ4v) is 5.96. The van der Waals surface area contributed by atoms with Gasteiger partial charge in [0.25, 0.3) is 0 Å². The topological polar surface area (TPSA) is 129 Å². The standard InChI is InChI=1S/C29H40N2O7/c1-17(2)11-24(34)31(15-18-7-5-4-6-8-18)22-14-21(29(36)30-9-10-32)25-20-12-19(16-33)13-23(37-3)27(20)38-28(25)26(22)35/h11-14,18,22,25-26,28,32-33,35H,4-10,15-16H2,1-3H3,(H,30,36)/t22-,25+,26+,28+/m1/s1. The van der Waals surface area contributed by atoms with E-state index in [0.29, 0.717) is 40.7 Å². The maximum atomic E-state index is 13.5. The molecule has 0 spiro atoms. The summed E-state index contributed by atoms with van der Waals surface area (Å²) in [5.74, 6) is -0.111. The molecule has 0 saturated heterocycles. The fraction of sp³-hybridized carbons (Fsp3) is 0.586. The third-order valence-corrected chi connectivity index (χ3v) is 7.73. The van der Waals surface area contributed by atoms with Gasteiger partial charge in [-0.05, 0) is 56.4 Å². The molecule has 208 valence electrons. The molecule has 1 aromatic carbocycles. The molecule has 1 saturated carbocycles. The Kier molecular flexibility index (Phi) is 9.12. The van der Waals surface area contributed by atoms with Crippen molar-refractivity contribution in [3.63, 3.8) is 0 Å². The van der Waals surface area contributed by atoms with Crippen LogP contribution in [-0.4, -0.2) is 77.1 Å². The molecule has 0 bridgehead atoms. The first-order valence-electron chi connectivity index (χ1n) is 13.5. The molecule has 4 atom stereocenters. The van der Waals surface area contributed by atoms with Crippen molar-refractivity contribution in [1.29, 1.82) is 0 Å². The maximum absolute atomic E-state index is 13.5. The van der Waals surface area contributed by atoms with E-state index in [0.717, 1.165) is 31.3 Å². The molecule has 1 heterocycles. The van der Waals surface area contributed by atoms with Gasteiger partial charge in [0.2, 0.25) is 11.8 Å². The minimum absolute atomic E-state index is 0.0664. The van der Waals surface area contributed by atoms with Crippen molar-refractivity contribution >= 4 is 11.8 Å². The zero-order valence-electron chi connectivity index (χ0n) is 22.5. The minimum Gasteiger partial charge on any atom is -0.493 e. The van der Waals surface area contributed by atoms with Crippen molar-refractivity contribution < 1.29 is 34.4 Å². The first kappa shape index (κ1) is 28.1. The molecule has 2 amide bonds. The lowest BCUT2D eigenvalue weighted by Crippen LogP contribution is -2.56. The van der Waals surface area contributed by atoms with Gasteiger partial charge in [-0.15, -0.1) is 0 Å². The molecular weight excluding hydrogens is 488 g/mol. The van der Waals surface area contributed by atoms with Crippen molar-refractivity contribution in [3.8, 4) is 11.5 Å². The SMILES string of the molecule is COc1cc(CO)cc2c1O[C@@H]1[C@@H](O)[C@H](N(CC3CCCCC3)C(=O)C=C(C)C)C=C(C(=O)NCCO)[C@H]21. The third kappa shape index (κ3) is 5.75. The number of aliphatic hydroxyl groups excluding tert-OH is 3. The molecule has 4 N–H and O–H groups in total. The second kappa shape index (κ2) is 12.3. The van der Waals surface area contributed by atoms with Gasteiger partial charge in [-0.1, -0.05) is 24.8 Å². The van der Waals surface area contributed by atoms with Gasteiger partial charge in [-0.3, -0.25) is 9.59 Å². The molecule has 1 aliphatic heterocycles. The number of hydrogen-bond acceptors (Lipinski definition) is 7. The lowest BCUT2D eigenvalue weighted by atomic mass is 9.76. The average Bonchev–Trinajstić information content (AvgIpc) is 3.30. The number of carbonyl (C=O) groups excluding carboxylic acids is 2. The highest BCUT2D eigenvalue weighted by Crippen LogP contribution is 2.51. The van der Waals surface area contributed by atoms with Crippen LogP contribution in [0.5, 0.6) is 11.5 Å². The molecule has 2 aliphatic carbocycles. The zero-order chi connectivity index (χ0) is 27.4. The van der Waals surface area contributed by atoms with Crippen LogP contribution >= 0.6 is 0 Å². The van der Waals surface area contributed by atoms with Gasteiger partial charge in [0.15, 0.2) is 11.5 Å². The minimum atomic E-state index is -1.11. The van der Waals surface area contributed by atoms with E-state index in [9.17, 15) is 24.9 Å². The summed E-state index contributed by atoms with van der Waals surface area (Å²) in [6.07, 6.45) is 6.76. The molecule has 1 aromatic rings. The number of fused-ring (bicyclic) bond motifs is 3. The Morgan fingerprint density at radius 2 is 1.92 bits per heavy atom. The number of nitrogens with zero attached hydrogens (tertiary/aromatic N) is 1. The number of hydrogen-bond donors (Lipinski definition) is 4. The van der Waals surface area contributed by atoms with E-state index in [1.54, 1.807) is 29.2 Å². The molecule has 9 heteroatoms. The van der Waals surface area contributed by atoms with Gasteiger partial charge in [-0.25, -0.2) is 0 Å². The second-order valence-electron chi connectivity index (χ2n) is 10.7. The molecular formula is C29H40N2O7. The van der Waals surface area contributed by atoms with Crippen molar-refractivity contribution in [2.75, 3.05) is 26.8 Å².